The minimum Gasteiger partial charge on any atom is -0.0786 e. The molecule has 0 fully saturated rings. The van der Waals surface area contributed by atoms with Crippen LogP contribution in [0, 0.1) is 6.92 Å². The molecule has 0 heterocycles. The highest BCUT2D eigenvalue weighted by Crippen LogP contribution is 2.38. The van der Waals surface area contributed by atoms with Gasteiger partial charge in [0.15, 0.2) is 0 Å². The molecular weight excluding hydrogens is 432 g/mol. The maximum Gasteiger partial charge on any atom is 0.0656 e. The summed E-state index contributed by atoms with van der Waals surface area (Å²) in [4.78, 5) is 0.199. The van der Waals surface area contributed by atoms with Crippen LogP contribution in [0.15, 0.2) is 45.3 Å². The Hall–Kier alpha value is -0.120. The Bertz CT molecular complexity index is 573. The summed E-state index contributed by atoms with van der Waals surface area (Å²) in [5.41, 5.74) is 5.11. The van der Waals surface area contributed by atoms with Crippen molar-refractivity contribution >= 4 is 47.8 Å². The van der Waals surface area contributed by atoms with Crippen LogP contribution in [0.25, 0.3) is 0 Å². The highest BCUT2D eigenvalue weighted by molar-refractivity contribution is 9.11. The number of rotatable bonds is 3. The molecule has 19 heavy (non-hydrogen) atoms. The zero-order valence-electron chi connectivity index (χ0n) is 10.9. The highest BCUT2D eigenvalue weighted by atomic mass is 79.9. The summed E-state index contributed by atoms with van der Waals surface area (Å²) >= 11 is 11.1. The average Bonchev–Trinajstić information content (AvgIpc) is 2.42. The van der Waals surface area contributed by atoms with E-state index in [4.69, 9.17) is 0 Å². The first-order valence-corrected chi connectivity index (χ1v) is 8.71. The number of hydrogen-bond donors (Lipinski definition) is 0. The van der Waals surface area contributed by atoms with Crippen molar-refractivity contribution in [2.24, 2.45) is 0 Å². The number of benzene rings is 2. The van der Waals surface area contributed by atoms with Crippen LogP contribution in [0.5, 0.6) is 0 Å². The first kappa shape index (κ1) is 15.3. The summed E-state index contributed by atoms with van der Waals surface area (Å²) in [5.74, 6) is 0. The van der Waals surface area contributed by atoms with E-state index in [1.54, 1.807) is 0 Å². The molecule has 100 valence electrons. The fraction of sp³-hybridized carbons (Fsp3) is 0.250. The minimum atomic E-state index is 0.199. The molecule has 2 rings (SSSR count). The molecule has 0 amide bonds. The number of aryl methyl sites for hydroxylation is 2. The van der Waals surface area contributed by atoms with E-state index < -0.39 is 0 Å². The third-order valence-corrected chi connectivity index (χ3v) is 5.79. The maximum absolute atomic E-state index is 3.80. The molecule has 0 N–H and O–H groups in total. The molecule has 0 radical (unpaired) electrons. The van der Waals surface area contributed by atoms with Gasteiger partial charge >= 0.3 is 0 Å². The Morgan fingerprint density at radius 3 is 2.21 bits per heavy atom. The van der Waals surface area contributed by atoms with Gasteiger partial charge in [-0.2, -0.15) is 0 Å². The minimum absolute atomic E-state index is 0.199. The molecule has 0 aliphatic rings. The van der Waals surface area contributed by atoms with Crippen LogP contribution in [0.4, 0.5) is 0 Å². The Labute approximate surface area is 140 Å². The van der Waals surface area contributed by atoms with Crippen molar-refractivity contribution in [3.8, 4) is 0 Å². The summed E-state index contributed by atoms with van der Waals surface area (Å²) in [6.07, 6.45) is 1.08. The predicted octanol–water partition coefficient (Wildman–Crippen LogP) is 6.57. The van der Waals surface area contributed by atoms with E-state index in [0.717, 1.165) is 15.4 Å². The molecule has 2 aromatic rings. The van der Waals surface area contributed by atoms with Crippen molar-refractivity contribution in [2.45, 2.75) is 25.1 Å². The normalized spacial score (nSPS) is 12.5. The van der Waals surface area contributed by atoms with Gasteiger partial charge in [0.2, 0.25) is 0 Å². The monoisotopic (exact) mass is 444 g/mol. The van der Waals surface area contributed by atoms with Gasteiger partial charge in [0.25, 0.3) is 0 Å². The van der Waals surface area contributed by atoms with Crippen molar-refractivity contribution < 1.29 is 0 Å². The van der Waals surface area contributed by atoms with Crippen LogP contribution >= 0.6 is 47.8 Å². The lowest BCUT2D eigenvalue weighted by Crippen LogP contribution is -1.96. The lowest BCUT2D eigenvalue weighted by molar-refractivity contribution is 1.11. The Morgan fingerprint density at radius 2 is 1.63 bits per heavy atom. The second kappa shape index (κ2) is 6.55. The van der Waals surface area contributed by atoms with E-state index in [1.165, 1.54) is 22.3 Å². The number of halogens is 3. The first-order chi connectivity index (χ1) is 9.02. The van der Waals surface area contributed by atoms with E-state index in [9.17, 15) is 0 Å². The van der Waals surface area contributed by atoms with Gasteiger partial charge in [-0.3, -0.25) is 0 Å². The highest BCUT2D eigenvalue weighted by Gasteiger charge is 2.15. The van der Waals surface area contributed by atoms with Gasteiger partial charge in [-0.05, 0) is 47.7 Å². The van der Waals surface area contributed by atoms with Gasteiger partial charge in [0, 0.05) is 8.95 Å². The van der Waals surface area contributed by atoms with E-state index in [2.05, 4.69) is 98.0 Å². The fourth-order valence-electron chi connectivity index (χ4n) is 1.96. The van der Waals surface area contributed by atoms with Crippen molar-refractivity contribution in [3.63, 3.8) is 0 Å². The molecule has 0 aromatic heterocycles. The molecule has 0 saturated carbocycles. The summed E-state index contributed by atoms with van der Waals surface area (Å²) in [6.45, 7) is 4.27. The lowest BCUT2D eigenvalue weighted by Gasteiger charge is -2.15. The molecule has 1 atom stereocenters. The Kier molecular flexibility index (Phi) is 5.27. The van der Waals surface area contributed by atoms with Crippen LogP contribution < -0.4 is 0 Å². The number of alkyl halides is 1. The van der Waals surface area contributed by atoms with Crippen LogP contribution in [0.3, 0.4) is 0 Å². The van der Waals surface area contributed by atoms with Gasteiger partial charge in [-0.25, -0.2) is 0 Å². The topological polar surface area (TPSA) is 0 Å². The van der Waals surface area contributed by atoms with Crippen LogP contribution in [0.2, 0.25) is 0 Å². The molecule has 0 aliphatic heterocycles. The standard InChI is InChI=1S/C16H15Br3/c1-3-11-4-6-12(7-5-11)16(19)13-9-14(17)10(2)8-15(13)18/h4-9,16H,3H2,1-2H3. The zero-order valence-corrected chi connectivity index (χ0v) is 15.6. The summed E-state index contributed by atoms with van der Waals surface area (Å²) in [7, 11) is 0. The smallest absolute Gasteiger partial charge is 0.0656 e. The van der Waals surface area contributed by atoms with Gasteiger partial charge in [-0.1, -0.05) is 79.0 Å². The third-order valence-electron chi connectivity index (χ3n) is 3.23. The SMILES string of the molecule is CCc1ccc(C(Br)c2cc(Br)c(C)cc2Br)cc1. The molecule has 1 unspecified atom stereocenters. The summed E-state index contributed by atoms with van der Waals surface area (Å²) in [5, 5.41) is 0. The Morgan fingerprint density at radius 1 is 1.00 bits per heavy atom. The van der Waals surface area contributed by atoms with Crippen molar-refractivity contribution in [1.82, 2.24) is 0 Å². The molecular formula is C16H15Br3. The molecule has 0 saturated heterocycles. The van der Waals surface area contributed by atoms with E-state index in [-0.39, 0.29) is 4.83 Å². The van der Waals surface area contributed by atoms with Crippen molar-refractivity contribution in [2.75, 3.05) is 0 Å². The average molecular weight is 447 g/mol. The lowest BCUT2D eigenvalue weighted by atomic mass is 10.0. The quantitative estimate of drug-likeness (QED) is 0.468. The first-order valence-electron chi connectivity index (χ1n) is 6.21. The van der Waals surface area contributed by atoms with Gasteiger partial charge in [-0.15, -0.1) is 0 Å². The second-order valence-electron chi connectivity index (χ2n) is 4.58. The number of hydrogen-bond acceptors (Lipinski definition) is 0. The third kappa shape index (κ3) is 3.50. The van der Waals surface area contributed by atoms with Crippen LogP contribution in [0.1, 0.15) is 34.0 Å². The fourth-order valence-corrected chi connectivity index (χ4v) is 4.00. The van der Waals surface area contributed by atoms with E-state index in [0.29, 0.717) is 0 Å². The maximum atomic E-state index is 3.80. The molecule has 0 aliphatic carbocycles. The van der Waals surface area contributed by atoms with Gasteiger partial charge in [0.1, 0.15) is 0 Å². The van der Waals surface area contributed by atoms with Crippen molar-refractivity contribution in [1.29, 1.82) is 0 Å². The predicted molar refractivity (Wildman–Crippen MR) is 93.2 cm³/mol. The van der Waals surface area contributed by atoms with Crippen LogP contribution in [-0.2, 0) is 6.42 Å². The van der Waals surface area contributed by atoms with Gasteiger partial charge < -0.3 is 0 Å². The van der Waals surface area contributed by atoms with E-state index >= 15 is 0 Å². The molecule has 0 nitrogen and oxygen atoms in total. The zero-order chi connectivity index (χ0) is 14.0. The Balaban J connectivity index is 2.37. The molecule has 0 spiro atoms. The molecule has 0 bridgehead atoms. The molecule has 2 aromatic carbocycles. The largest absolute Gasteiger partial charge is 0.0786 e. The van der Waals surface area contributed by atoms with Gasteiger partial charge in [0.05, 0.1) is 4.83 Å². The van der Waals surface area contributed by atoms with Crippen molar-refractivity contribution in [3.05, 3.63) is 67.6 Å². The van der Waals surface area contributed by atoms with Crippen LogP contribution in [-0.4, -0.2) is 0 Å². The summed E-state index contributed by atoms with van der Waals surface area (Å²) in [6, 6.07) is 13.1. The summed E-state index contributed by atoms with van der Waals surface area (Å²) < 4.78 is 2.27. The van der Waals surface area contributed by atoms with E-state index in [1.807, 2.05) is 0 Å². The second-order valence-corrected chi connectivity index (χ2v) is 7.20. The molecule has 3 heteroatoms.